The third kappa shape index (κ3) is 2.30. The van der Waals surface area contributed by atoms with Crippen molar-refractivity contribution in [3.05, 3.63) is 29.8 Å². The molecule has 0 saturated carbocycles. The fraction of sp³-hybridized carbons (Fsp3) is 0.500. The molecule has 1 fully saturated rings. The Hall–Kier alpha value is -1.06. The molecule has 1 heterocycles. The molecule has 82 valence electrons. The Morgan fingerprint density at radius 3 is 2.47 bits per heavy atom. The number of methoxy groups -OCH3 is 1. The van der Waals surface area contributed by atoms with Gasteiger partial charge < -0.3 is 9.47 Å². The van der Waals surface area contributed by atoms with Crippen molar-refractivity contribution in [2.45, 2.75) is 25.6 Å². The van der Waals surface area contributed by atoms with Gasteiger partial charge in [-0.2, -0.15) is 0 Å². The Morgan fingerprint density at radius 2 is 2.00 bits per heavy atom. The quantitative estimate of drug-likeness (QED) is 0.805. The second-order valence-electron chi connectivity index (χ2n) is 4.49. The van der Waals surface area contributed by atoms with Crippen LogP contribution in [-0.4, -0.2) is 19.3 Å². The summed E-state index contributed by atoms with van der Waals surface area (Å²) in [5.41, 5.74) is 1.20. The van der Waals surface area contributed by atoms with Crippen molar-refractivity contribution in [1.82, 2.24) is 5.32 Å². The van der Waals surface area contributed by atoms with Gasteiger partial charge in [-0.05, 0) is 31.5 Å². The average molecular weight is 207 g/mol. The lowest BCUT2D eigenvalue weighted by molar-refractivity contribution is 0.0989. The third-order valence-corrected chi connectivity index (χ3v) is 2.55. The minimum Gasteiger partial charge on any atom is -0.497 e. The van der Waals surface area contributed by atoms with Gasteiger partial charge in [-0.3, -0.25) is 5.32 Å². The van der Waals surface area contributed by atoms with E-state index in [4.69, 9.17) is 9.47 Å². The zero-order chi connectivity index (χ0) is 10.9. The van der Waals surface area contributed by atoms with Crippen LogP contribution < -0.4 is 10.1 Å². The molecule has 0 unspecified atom stereocenters. The molecule has 1 N–H and O–H groups in total. The number of nitrogens with one attached hydrogen (secondary N) is 1. The molecule has 0 aromatic heterocycles. The molecule has 1 aliphatic heterocycles. The van der Waals surface area contributed by atoms with Gasteiger partial charge in [-0.1, -0.05) is 12.1 Å². The predicted molar refractivity (Wildman–Crippen MR) is 58.9 cm³/mol. The first-order valence-electron chi connectivity index (χ1n) is 5.14. The topological polar surface area (TPSA) is 30.5 Å². The summed E-state index contributed by atoms with van der Waals surface area (Å²) in [5.74, 6) is 0.871. The number of benzene rings is 1. The van der Waals surface area contributed by atoms with Crippen LogP contribution in [0.25, 0.3) is 0 Å². The highest BCUT2D eigenvalue weighted by molar-refractivity contribution is 5.28. The Labute approximate surface area is 90.4 Å². The highest BCUT2D eigenvalue weighted by Crippen LogP contribution is 2.26. The molecule has 1 aromatic carbocycles. The maximum atomic E-state index is 5.68. The van der Waals surface area contributed by atoms with E-state index in [9.17, 15) is 0 Å². The first-order chi connectivity index (χ1) is 7.11. The van der Waals surface area contributed by atoms with Crippen LogP contribution in [0.3, 0.4) is 0 Å². The van der Waals surface area contributed by atoms with Gasteiger partial charge >= 0.3 is 0 Å². The van der Waals surface area contributed by atoms with Gasteiger partial charge in [-0.25, -0.2) is 0 Å². The molecular weight excluding hydrogens is 190 g/mol. The van der Waals surface area contributed by atoms with Crippen molar-refractivity contribution in [2.75, 3.05) is 13.7 Å². The molecule has 15 heavy (non-hydrogen) atoms. The van der Waals surface area contributed by atoms with E-state index >= 15 is 0 Å². The number of rotatable bonds is 2. The van der Waals surface area contributed by atoms with E-state index in [1.165, 1.54) is 0 Å². The van der Waals surface area contributed by atoms with Crippen molar-refractivity contribution in [3.8, 4) is 5.75 Å². The van der Waals surface area contributed by atoms with Crippen LogP contribution in [0.5, 0.6) is 5.75 Å². The number of ether oxygens (including phenoxy) is 2. The van der Waals surface area contributed by atoms with Crippen LogP contribution >= 0.6 is 0 Å². The van der Waals surface area contributed by atoms with Crippen molar-refractivity contribution >= 4 is 0 Å². The van der Waals surface area contributed by atoms with E-state index in [1.807, 2.05) is 24.3 Å². The van der Waals surface area contributed by atoms with Crippen LogP contribution in [-0.2, 0) is 4.74 Å². The van der Waals surface area contributed by atoms with Gasteiger partial charge in [-0.15, -0.1) is 0 Å². The van der Waals surface area contributed by atoms with Crippen molar-refractivity contribution < 1.29 is 9.47 Å². The van der Waals surface area contributed by atoms with Crippen LogP contribution in [0, 0.1) is 0 Å². The van der Waals surface area contributed by atoms with E-state index in [0.717, 1.165) is 17.9 Å². The average Bonchev–Trinajstić information content (AvgIpc) is 2.59. The molecule has 0 aliphatic carbocycles. The monoisotopic (exact) mass is 207 g/mol. The zero-order valence-corrected chi connectivity index (χ0v) is 9.41. The Morgan fingerprint density at radius 1 is 1.33 bits per heavy atom. The number of hydrogen-bond acceptors (Lipinski definition) is 3. The van der Waals surface area contributed by atoms with Crippen LogP contribution in [0.4, 0.5) is 0 Å². The second kappa shape index (κ2) is 3.83. The second-order valence-corrected chi connectivity index (χ2v) is 4.49. The van der Waals surface area contributed by atoms with Gasteiger partial charge in [0.25, 0.3) is 0 Å². The van der Waals surface area contributed by atoms with Crippen LogP contribution in [0.1, 0.15) is 25.6 Å². The molecule has 0 radical (unpaired) electrons. The molecular formula is C12H17NO2. The lowest BCUT2D eigenvalue weighted by Crippen LogP contribution is -2.35. The summed E-state index contributed by atoms with van der Waals surface area (Å²) in [4.78, 5) is 0. The summed E-state index contributed by atoms with van der Waals surface area (Å²) in [7, 11) is 1.67. The van der Waals surface area contributed by atoms with Crippen molar-refractivity contribution in [1.29, 1.82) is 0 Å². The largest absolute Gasteiger partial charge is 0.497 e. The third-order valence-electron chi connectivity index (χ3n) is 2.55. The normalized spacial score (nSPS) is 24.1. The van der Waals surface area contributed by atoms with Crippen LogP contribution in [0.2, 0.25) is 0 Å². The Kier molecular flexibility index (Phi) is 2.67. The molecule has 3 heteroatoms. The van der Waals surface area contributed by atoms with E-state index in [2.05, 4.69) is 19.2 Å². The van der Waals surface area contributed by atoms with E-state index in [0.29, 0.717) is 0 Å². The fourth-order valence-corrected chi connectivity index (χ4v) is 1.69. The molecule has 0 amide bonds. The zero-order valence-electron chi connectivity index (χ0n) is 9.41. The highest BCUT2D eigenvalue weighted by Gasteiger charge is 2.31. The summed E-state index contributed by atoms with van der Waals surface area (Å²) in [6.45, 7) is 5.01. The van der Waals surface area contributed by atoms with Gasteiger partial charge in [0.15, 0.2) is 0 Å². The van der Waals surface area contributed by atoms with E-state index < -0.39 is 0 Å². The number of hydrogen-bond donors (Lipinski definition) is 1. The predicted octanol–water partition coefficient (Wildman–Crippen LogP) is 2.09. The maximum absolute atomic E-state index is 5.68. The molecule has 1 aliphatic rings. The fourth-order valence-electron chi connectivity index (χ4n) is 1.69. The van der Waals surface area contributed by atoms with Gasteiger partial charge in [0.05, 0.1) is 13.7 Å². The molecule has 2 rings (SSSR count). The first kappa shape index (κ1) is 10.5. The summed E-state index contributed by atoms with van der Waals surface area (Å²) < 4.78 is 10.8. The minimum absolute atomic E-state index is 0.00547. The molecule has 1 aromatic rings. The molecule has 0 bridgehead atoms. The molecule has 0 spiro atoms. The van der Waals surface area contributed by atoms with Crippen molar-refractivity contribution in [2.24, 2.45) is 0 Å². The Bertz CT molecular complexity index is 332. The van der Waals surface area contributed by atoms with Gasteiger partial charge in [0, 0.05) is 5.54 Å². The maximum Gasteiger partial charge on any atom is 0.134 e. The summed E-state index contributed by atoms with van der Waals surface area (Å²) in [5, 5.41) is 3.42. The molecule has 1 saturated heterocycles. The summed E-state index contributed by atoms with van der Waals surface area (Å²) in [6.07, 6.45) is 0.00547. The first-order valence-corrected chi connectivity index (χ1v) is 5.14. The van der Waals surface area contributed by atoms with Gasteiger partial charge in [0.2, 0.25) is 0 Å². The SMILES string of the molecule is COc1ccc([C@@H]2NC(C)(C)CO2)cc1. The smallest absolute Gasteiger partial charge is 0.134 e. The van der Waals surface area contributed by atoms with Crippen molar-refractivity contribution in [3.63, 3.8) is 0 Å². The highest BCUT2D eigenvalue weighted by atomic mass is 16.5. The lowest BCUT2D eigenvalue weighted by atomic mass is 10.1. The molecule has 3 nitrogen and oxygen atoms in total. The minimum atomic E-state index is 0.00547. The summed E-state index contributed by atoms with van der Waals surface area (Å²) in [6, 6.07) is 7.95. The standard InChI is InChI=1S/C12H17NO2/c1-12(2)8-15-11(13-12)9-4-6-10(14-3)7-5-9/h4-7,11,13H,8H2,1-3H3/t11-/m1/s1. The van der Waals surface area contributed by atoms with E-state index in [-0.39, 0.29) is 11.8 Å². The van der Waals surface area contributed by atoms with Crippen LogP contribution in [0.15, 0.2) is 24.3 Å². The lowest BCUT2D eigenvalue weighted by Gasteiger charge is -2.17. The molecule has 1 atom stereocenters. The summed E-state index contributed by atoms with van der Waals surface area (Å²) >= 11 is 0. The van der Waals surface area contributed by atoms with Gasteiger partial charge in [0.1, 0.15) is 12.0 Å². The van der Waals surface area contributed by atoms with E-state index in [1.54, 1.807) is 7.11 Å². The Balaban J connectivity index is 2.11.